The van der Waals surface area contributed by atoms with Crippen molar-refractivity contribution in [1.82, 2.24) is 8.87 Å². The van der Waals surface area contributed by atoms with Crippen LogP contribution in [0.25, 0.3) is 10.2 Å². The number of benzene rings is 2. The molecule has 1 aliphatic rings. The molecular formula is C23H24N4O5S2. The lowest BCUT2D eigenvalue weighted by Gasteiger charge is -2.30. The van der Waals surface area contributed by atoms with Gasteiger partial charge in [0.15, 0.2) is 4.80 Å². The summed E-state index contributed by atoms with van der Waals surface area (Å²) >= 11 is 1.18. The first-order valence-corrected chi connectivity index (χ1v) is 13.0. The molecule has 34 heavy (non-hydrogen) atoms. The van der Waals surface area contributed by atoms with Crippen molar-refractivity contribution in [2.75, 3.05) is 13.1 Å². The summed E-state index contributed by atoms with van der Waals surface area (Å²) in [6.45, 7) is 6.43. The van der Waals surface area contributed by atoms with Crippen LogP contribution in [0.2, 0.25) is 0 Å². The fourth-order valence-electron chi connectivity index (χ4n) is 3.97. The molecule has 2 heterocycles. The number of rotatable bonds is 6. The number of hydrogen-bond donors (Lipinski definition) is 0. The Labute approximate surface area is 200 Å². The molecule has 1 atom stereocenters. The summed E-state index contributed by atoms with van der Waals surface area (Å²) in [6, 6.07) is 11.2. The molecule has 1 amide bonds. The Balaban J connectivity index is 1.64. The van der Waals surface area contributed by atoms with Crippen molar-refractivity contribution >= 4 is 43.2 Å². The second kappa shape index (κ2) is 9.61. The van der Waals surface area contributed by atoms with Crippen molar-refractivity contribution in [3.8, 4) is 0 Å². The van der Waals surface area contributed by atoms with Gasteiger partial charge in [-0.15, -0.1) is 6.58 Å². The first kappa shape index (κ1) is 24.0. The minimum absolute atomic E-state index is 0.0402. The van der Waals surface area contributed by atoms with Crippen LogP contribution in [0.1, 0.15) is 18.4 Å². The molecule has 0 N–H and O–H groups in total. The van der Waals surface area contributed by atoms with E-state index in [0.29, 0.717) is 40.9 Å². The molecule has 4 rings (SSSR count). The van der Waals surface area contributed by atoms with Gasteiger partial charge in [0, 0.05) is 31.8 Å². The van der Waals surface area contributed by atoms with Crippen molar-refractivity contribution in [1.29, 1.82) is 0 Å². The van der Waals surface area contributed by atoms with Gasteiger partial charge in [-0.05, 0) is 38.0 Å². The summed E-state index contributed by atoms with van der Waals surface area (Å²) in [6.07, 6.45) is 2.76. The van der Waals surface area contributed by atoms with E-state index in [2.05, 4.69) is 11.6 Å². The van der Waals surface area contributed by atoms with E-state index in [0.717, 1.165) is 5.56 Å². The molecule has 0 aliphatic carbocycles. The first-order valence-electron chi connectivity index (χ1n) is 10.7. The Morgan fingerprint density at radius 1 is 1.29 bits per heavy atom. The molecule has 1 unspecified atom stereocenters. The summed E-state index contributed by atoms with van der Waals surface area (Å²) in [4.78, 5) is 28.7. The lowest BCUT2D eigenvalue weighted by molar-refractivity contribution is -0.384. The largest absolute Gasteiger partial charge is 0.312 e. The average Bonchev–Trinajstić information content (AvgIpc) is 3.15. The van der Waals surface area contributed by atoms with Gasteiger partial charge in [0.25, 0.3) is 11.6 Å². The van der Waals surface area contributed by atoms with E-state index < -0.39 is 26.8 Å². The molecule has 0 bridgehead atoms. The van der Waals surface area contributed by atoms with E-state index in [-0.39, 0.29) is 17.1 Å². The van der Waals surface area contributed by atoms with Crippen molar-refractivity contribution < 1.29 is 18.1 Å². The number of sulfonamides is 1. The van der Waals surface area contributed by atoms with Crippen molar-refractivity contribution in [3.63, 3.8) is 0 Å². The number of non-ortho nitro benzene ring substituents is 1. The molecule has 1 aromatic heterocycles. The van der Waals surface area contributed by atoms with Crippen molar-refractivity contribution in [3.05, 3.63) is 75.6 Å². The third-order valence-electron chi connectivity index (χ3n) is 5.79. The predicted octanol–water partition coefficient (Wildman–Crippen LogP) is 3.63. The monoisotopic (exact) mass is 500 g/mol. The maximum Gasteiger partial charge on any atom is 0.270 e. The van der Waals surface area contributed by atoms with Gasteiger partial charge in [0.2, 0.25) is 10.0 Å². The number of aromatic nitrogens is 1. The van der Waals surface area contributed by atoms with Crippen molar-refractivity contribution in [2.45, 2.75) is 31.2 Å². The SMILES string of the molecule is C=CCn1c(=NC(=O)C2CCCN(S(=O)(=O)c3ccc(C)cc3)C2)sc2cc([N+](=O)[O-])ccc21. The van der Waals surface area contributed by atoms with E-state index in [9.17, 15) is 23.3 Å². The van der Waals surface area contributed by atoms with Gasteiger partial charge in [-0.1, -0.05) is 35.1 Å². The van der Waals surface area contributed by atoms with E-state index >= 15 is 0 Å². The topological polar surface area (TPSA) is 115 Å². The number of allylic oxidation sites excluding steroid dienone is 1. The zero-order valence-corrected chi connectivity index (χ0v) is 20.2. The maximum absolute atomic E-state index is 13.1. The summed E-state index contributed by atoms with van der Waals surface area (Å²) in [5, 5.41) is 11.1. The Kier molecular flexibility index (Phi) is 6.78. The Bertz CT molecular complexity index is 1440. The van der Waals surface area contributed by atoms with Crippen LogP contribution in [0.3, 0.4) is 0 Å². The normalized spacial score (nSPS) is 17.7. The van der Waals surface area contributed by atoms with Gasteiger partial charge in [0.05, 0.1) is 26.0 Å². The van der Waals surface area contributed by atoms with E-state index in [1.807, 2.05) is 6.92 Å². The summed E-state index contributed by atoms with van der Waals surface area (Å²) in [7, 11) is -3.71. The standard InChI is InChI=1S/C23H24N4O5S2/c1-3-12-26-20-11-8-18(27(29)30)14-21(20)33-23(26)24-22(28)17-5-4-13-25(15-17)34(31,32)19-9-6-16(2)7-10-19/h3,6-11,14,17H,1,4-5,12-13,15H2,2H3. The number of piperidine rings is 1. The van der Waals surface area contributed by atoms with Gasteiger partial charge in [-0.25, -0.2) is 8.42 Å². The quantitative estimate of drug-likeness (QED) is 0.291. The van der Waals surface area contributed by atoms with Gasteiger partial charge in [-0.3, -0.25) is 14.9 Å². The van der Waals surface area contributed by atoms with Gasteiger partial charge in [0.1, 0.15) is 0 Å². The van der Waals surface area contributed by atoms with Crippen LogP contribution in [0.15, 0.2) is 65.0 Å². The van der Waals surface area contributed by atoms with Crippen LogP contribution >= 0.6 is 11.3 Å². The molecule has 1 saturated heterocycles. The molecule has 0 saturated carbocycles. The van der Waals surface area contributed by atoms with Crippen LogP contribution in [-0.2, 0) is 21.4 Å². The Morgan fingerprint density at radius 3 is 2.71 bits per heavy atom. The minimum atomic E-state index is -3.71. The number of fused-ring (bicyclic) bond motifs is 1. The average molecular weight is 501 g/mol. The van der Waals surface area contributed by atoms with Gasteiger partial charge < -0.3 is 4.57 Å². The highest BCUT2D eigenvalue weighted by atomic mass is 32.2. The van der Waals surface area contributed by atoms with Gasteiger partial charge in [-0.2, -0.15) is 9.30 Å². The number of nitrogens with zero attached hydrogens (tertiary/aromatic N) is 4. The van der Waals surface area contributed by atoms with Gasteiger partial charge >= 0.3 is 0 Å². The highest BCUT2D eigenvalue weighted by molar-refractivity contribution is 7.89. The Hall–Kier alpha value is -3.15. The van der Waals surface area contributed by atoms with Crippen LogP contribution in [0.4, 0.5) is 5.69 Å². The molecule has 1 fully saturated rings. The van der Waals surface area contributed by atoms with Crippen LogP contribution in [-0.4, -0.2) is 41.2 Å². The number of nitro groups is 1. The zero-order valence-electron chi connectivity index (χ0n) is 18.6. The molecule has 1 aliphatic heterocycles. The predicted molar refractivity (Wildman–Crippen MR) is 130 cm³/mol. The highest BCUT2D eigenvalue weighted by Gasteiger charge is 2.33. The molecular weight excluding hydrogens is 476 g/mol. The lowest BCUT2D eigenvalue weighted by Crippen LogP contribution is -2.42. The molecule has 2 aromatic carbocycles. The number of thiazole rings is 1. The molecule has 9 nitrogen and oxygen atoms in total. The third kappa shape index (κ3) is 4.72. The smallest absolute Gasteiger partial charge is 0.270 e. The second-order valence-electron chi connectivity index (χ2n) is 8.16. The van der Waals surface area contributed by atoms with E-state index in [4.69, 9.17) is 0 Å². The lowest BCUT2D eigenvalue weighted by atomic mass is 9.99. The molecule has 0 radical (unpaired) electrons. The number of aryl methyl sites for hydroxylation is 1. The number of hydrogen-bond acceptors (Lipinski definition) is 6. The summed E-state index contributed by atoms with van der Waals surface area (Å²) in [5.41, 5.74) is 1.64. The maximum atomic E-state index is 13.1. The van der Waals surface area contributed by atoms with Crippen LogP contribution in [0, 0.1) is 23.0 Å². The highest BCUT2D eigenvalue weighted by Crippen LogP contribution is 2.26. The third-order valence-corrected chi connectivity index (χ3v) is 8.71. The molecule has 178 valence electrons. The number of carbonyl (C=O) groups is 1. The Morgan fingerprint density at radius 2 is 2.03 bits per heavy atom. The first-order chi connectivity index (χ1) is 16.2. The number of carbonyl (C=O) groups excluding carboxylic acids is 1. The van der Waals surface area contributed by atoms with E-state index in [1.165, 1.54) is 27.8 Å². The second-order valence-corrected chi connectivity index (χ2v) is 11.1. The van der Waals surface area contributed by atoms with Crippen LogP contribution < -0.4 is 4.80 Å². The molecule has 3 aromatic rings. The summed E-state index contributed by atoms with van der Waals surface area (Å²) < 4.78 is 29.9. The van der Waals surface area contributed by atoms with Crippen molar-refractivity contribution in [2.24, 2.45) is 10.9 Å². The van der Waals surface area contributed by atoms with Crippen LogP contribution in [0.5, 0.6) is 0 Å². The fraction of sp³-hybridized carbons (Fsp3) is 0.304. The molecule has 0 spiro atoms. The van der Waals surface area contributed by atoms with E-state index in [1.54, 1.807) is 41.0 Å². The minimum Gasteiger partial charge on any atom is -0.312 e. The molecule has 11 heteroatoms. The number of nitro benzene ring substituents is 1. The number of amides is 1. The summed E-state index contributed by atoms with van der Waals surface area (Å²) in [5.74, 6) is -0.964. The fourth-order valence-corrected chi connectivity index (χ4v) is 6.58. The zero-order chi connectivity index (χ0) is 24.5.